The van der Waals surface area contributed by atoms with Gasteiger partial charge >= 0.3 is 0 Å². The Balaban J connectivity index is 2.35. The number of nitrogens with zero attached hydrogens (tertiary/aromatic N) is 3. The van der Waals surface area contributed by atoms with E-state index in [-0.39, 0.29) is 6.04 Å². The van der Waals surface area contributed by atoms with Crippen molar-refractivity contribution in [3.63, 3.8) is 0 Å². The van der Waals surface area contributed by atoms with Gasteiger partial charge in [0.1, 0.15) is 5.82 Å². The van der Waals surface area contributed by atoms with E-state index in [1.54, 1.807) is 6.20 Å². The summed E-state index contributed by atoms with van der Waals surface area (Å²) in [5.41, 5.74) is 1.15. The van der Waals surface area contributed by atoms with Gasteiger partial charge in [-0.1, -0.05) is 6.07 Å². The Morgan fingerprint density at radius 3 is 3.06 bits per heavy atom. The molecular weight excluding hydrogens is 202 g/mol. The molecule has 0 aliphatic carbocycles. The summed E-state index contributed by atoms with van der Waals surface area (Å²) in [7, 11) is 3.96. The van der Waals surface area contributed by atoms with Crippen LogP contribution in [0.15, 0.2) is 18.3 Å². The second-order valence-corrected chi connectivity index (χ2v) is 4.31. The Kier molecular flexibility index (Phi) is 3.08. The van der Waals surface area contributed by atoms with E-state index < -0.39 is 0 Å². The first-order valence-electron chi connectivity index (χ1n) is 5.57. The molecule has 2 heterocycles. The molecule has 2 rings (SSSR count). The fourth-order valence-electron chi connectivity index (χ4n) is 2.29. The van der Waals surface area contributed by atoms with E-state index in [0.717, 1.165) is 37.2 Å². The van der Waals surface area contributed by atoms with Crippen molar-refractivity contribution < 1.29 is 4.79 Å². The normalized spacial score (nSPS) is 19.9. The molecule has 1 aromatic heterocycles. The van der Waals surface area contributed by atoms with Crippen LogP contribution in [0, 0.1) is 0 Å². The Morgan fingerprint density at radius 2 is 2.38 bits per heavy atom. The number of hydrogen-bond donors (Lipinski definition) is 0. The van der Waals surface area contributed by atoms with E-state index >= 15 is 0 Å². The molecule has 1 aliphatic heterocycles. The predicted octanol–water partition coefficient (Wildman–Crippen LogP) is 1.44. The van der Waals surface area contributed by atoms with Crippen molar-refractivity contribution in [2.75, 3.05) is 25.5 Å². The maximum atomic E-state index is 11.0. The van der Waals surface area contributed by atoms with Gasteiger partial charge in [0.2, 0.25) is 6.41 Å². The molecule has 0 saturated carbocycles. The van der Waals surface area contributed by atoms with E-state index in [2.05, 4.69) is 11.1 Å². The summed E-state index contributed by atoms with van der Waals surface area (Å²) in [5, 5.41) is 0. The maximum Gasteiger partial charge on any atom is 0.210 e. The van der Waals surface area contributed by atoms with Crippen LogP contribution in [0.4, 0.5) is 5.82 Å². The SMILES string of the molecule is CN(C)c1ncccc1[C@H]1CCCN1C=O. The molecule has 86 valence electrons. The molecule has 0 unspecified atom stereocenters. The van der Waals surface area contributed by atoms with Crippen LogP contribution in [0.2, 0.25) is 0 Å². The molecule has 1 aliphatic rings. The molecule has 4 heteroatoms. The van der Waals surface area contributed by atoms with Crippen molar-refractivity contribution in [3.05, 3.63) is 23.9 Å². The quantitative estimate of drug-likeness (QED) is 0.722. The molecule has 0 aromatic carbocycles. The molecule has 1 aromatic rings. The summed E-state index contributed by atoms with van der Waals surface area (Å²) in [5.74, 6) is 0.959. The van der Waals surface area contributed by atoms with Gasteiger partial charge in [-0.3, -0.25) is 4.79 Å². The molecule has 0 N–H and O–H groups in total. The molecule has 1 atom stereocenters. The van der Waals surface area contributed by atoms with Crippen molar-refractivity contribution in [3.8, 4) is 0 Å². The van der Waals surface area contributed by atoms with E-state index in [9.17, 15) is 4.79 Å². The van der Waals surface area contributed by atoms with Crippen molar-refractivity contribution in [2.45, 2.75) is 18.9 Å². The standard InChI is InChI=1S/C12H17N3O/c1-14(2)12-10(5-3-7-13-12)11-6-4-8-15(11)9-16/h3,5,7,9,11H,4,6,8H2,1-2H3/t11-/m1/s1. The average Bonchev–Trinajstić information content (AvgIpc) is 2.76. The molecule has 0 radical (unpaired) electrons. The Labute approximate surface area is 95.9 Å². The van der Waals surface area contributed by atoms with Gasteiger partial charge < -0.3 is 9.80 Å². The number of hydrogen-bond acceptors (Lipinski definition) is 3. The lowest BCUT2D eigenvalue weighted by molar-refractivity contribution is -0.118. The van der Waals surface area contributed by atoms with Crippen LogP contribution >= 0.6 is 0 Å². The molecule has 1 fully saturated rings. The third kappa shape index (κ3) is 1.87. The van der Waals surface area contributed by atoms with E-state index in [1.165, 1.54) is 0 Å². The summed E-state index contributed by atoms with van der Waals surface area (Å²) in [6.07, 6.45) is 4.85. The van der Waals surface area contributed by atoms with Crippen molar-refractivity contribution in [1.82, 2.24) is 9.88 Å². The highest BCUT2D eigenvalue weighted by atomic mass is 16.1. The zero-order chi connectivity index (χ0) is 11.5. The lowest BCUT2D eigenvalue weighted by Gasteiger charge is -2.24. The van der Waals surface area contributed by atoms with Gasteiger partial charge in [0.25, 0.3) is 0 Å². The largest absolute Gasteiger partial charge is 0.362 e. The van der Waals surface area contributed by atoms with Gasteiger partial charge in [-0.05, 0) is 18.9 Å². The fourth-order valence-corrected chi connectivity index (χ4v) is 2.29. The zero-order valence-electron chi connectivity index (χ0n) is 9.76. The first-order chi connectivity index (χ1) is 7.74. The fraction of sp³-hybridized carbons (Fsp3) is 0.500. The van der Waals surface area contributed by atoms with Gasteiger partial charge in [-0.25, -0.2) is 4.98 Å². The number of anilines is 1. The van der Waals surface area contributed by atoms with Gasteiger partial charge in [0.05, 0.1) is 6.04 Å². The van der Waals surface area contributed by atoms with Crippen LogP contribution in [0.5, 0.6) is 0 Å². The number of carbonyl (C=O) groups is 1. The lowest BCUT2D eigenvalue weighted by Crippen LogP contribution is -2.24. The van der Waals surface area contributed by atoms with Crippen LogP contribution in [0.1, 0.15) is 24.4 Å². The molecule has 16 heavy (non-hydrogen) atoms. The first kappa shape index (κ1) is 10.9. The number of carbonyl (C=O) groups excluding carboxylic acids is 1. The van der Waals surface area contributed by atoms with Gasteiger partial charge in [-0.2, -0.15) is 0 Å². The second-order valence-electron chi connectivity index (χ2n) is 4.31. The first-order valence-corrected chi connectivity index (χ1v) is 5.57. The predicted molar refractivity (Wildman–Crippen MR) is 63.3 cm³/mol. The number of amides is 1. The monoisotopic (exact) mass is 219 g/mol. The average molecular weight is 219 g/mol. The third-order valence-corrected chi connectivity index (χ3v) is 3.03. The number of aromatic nitrogens is 1. The smallest absolute Gasteiger partial charge is 0.210 e. The van der Waals surface area contributed by atoms with Gasteiger partial charge in [-0.15, -0.1) is 0 Å². The van der Waals surface area contributed by atoms with Crippen LogP contribution < -0.4 is 4.90 Å². The maximum absolute atomic E-state index is 11.0. The summed E-state index contributed by atoms with van der Waals surface area (Å²) < 4.78 is 0. The molecule has 1 amide bonds. The van der Waals surface area contributed by atoms with Crippen LogP contribution in [0.25, 0.3) is 0 Å². The summed E-state index contributed by atoms with van der Waals surface area (Å²) in [4.78, 5) is 19.2. The van der Waals surface area contributed by atoms with Crippen LogP contribution in [0.3, 0.4) is 0 Å². The Morgan fingerprint density at radius 1 is 1.56 bits per heavy atom. The van der Waals surface area contributed by atoms with Gasteiger partial charge in [0.15, 0.2) is 0 Å². The Bertz CT molecular complexity index is 378. The van der Waals surface area contributed by atoms with Crippen molar-refractivity contribution in [1.29, 1.82) is 0 Å². The lowest BCUT2D eigenvalue weighted by atomic mass is 10.1. The molecule has 0 bridgehead atoms. The Hall–Kier alpha value is -1.58. The second kappa shape index (κ2) is 4.51. The number of likely N-dealkylation sites (tertiary alicyclic amines) is 1. The highest BCUT2D eigenvalue weighted by Gasteiger charge is 2.27. The van der Waals surface area contributed by atoms with E-state index in [4.69, 9.17) is 0 Å². The summed E-state index contributed by atoms with van der Waals surface area (Å²) in [6, 6.07) is 4.20. The van der Waals surface area contributed by atoms with E-state index in [1.807, 2.05) is 30.0 Å². The minimum absolute atomic E-state index is 0.198. The number of pyridine rings is 1. The van der Waals surface area contributed by atoms with Crippen LogP contribution in [-0.2, 0) is 4.79 Å². The van der Waals surface area contributed by atoms with Crippen LogP contribution in [-0.4, -0.2) is 36.9 Å². The third-order valence-electron chi connectivity index (χ3n) is 3.03. The van der Waals surface area contributed by atoms with Crippen molar-refractivity contribution >= 4 is 12.2 Å². The minimum atomic E-state index is 0.198. The van der Waals surface area contributed by atoms with Crippen molar-refractivity contribution in [2.24, 2.45) is 0 Å². The summed E-state index contributed by atoms with van der Waals surface area (Å²) in [6.45, 7) is 0.857. The topological polar surface area (TPSA) is 36.4 Å². The number of rotatable bonds is 3. The summed E-state index contributed by atoms with van der Waals surface area (Å²) >= 11 is 0. The molecule has 4 nitrogen and oxygen atoms in total. The zero-order valence-corrected chi connectivity index (χ0v) is 9.76. The highest BCUT2D eigenvalue weighted by molar-refractivity contribution is 5.54. The molecular formula is C12H17N3O. The minimum Gasteiger partial charge on any atom is -0.362 e. The molecule has 0 spiro atoms. The molecule has 1 saturated heterocycles. The van der Waals surface area contributed by atoms with E-state index in [0.29, 0.717) is 0 Å². The highest BCUT2D eigenvalue weighted by Crippen LogP contribution is 2.34. The van der Waals surface area contributed by atoms with Gasteiger partial charge in [0, 0.05) is 32.4 Å².